The Morgan fingerprint density at radius 3 is 2.80 bits per heavy atom. The second-order valence-electron chi connectivity index (χ2n) is 4.95. The summed E-state index contributed by atoms with van der Waals surface area (Å²) in [5.41, 5.74) is 9.69. The van der Waals surface area contributed by atoms with E-state index in [1.807, 2.05) is 37.4 Å². The fourth-order valence-electron chi connectivity index (χ4n) is 2.37. The maximum atomic E-state index is 11.5. The fourth-order valence-corrected chi connectivity index (χ4v) is 2.37. The lowest BCUT2D eigenvalue weighted by Crippen LogP contribution is -2.19. The molecule has 0 aliphatic carbocycles. The summed E-state index contributed by atoms with van der Waals surface area (Å²) >= 11 is 0. The molecule has 0 saturated carbocycles. The second-order valence-corrected chi connectivity index (χ2v) is 4.95. The van der Waals surface area contributed by atoms with Crippen LogP contribution in [0, 0.1) is 0 Å². The molecule has 20 heavy (non-hydrogen) atoms. The maximum absolute atomic E-state index is 11.5. The largest absolute Gasteiger partial charge is 0.370 e. The molecule has 0 spiro atoms. The molecule has 0 saturated heterocycles. The highest BCUT2D eigenvalue weighted by Crippen LogP contribution is 2.32. The van der Waals surface area contributed by atoms with Gasteiger partial charge in [0.2, 0.25) is 5.91 Å². The number of hydrogen-bond donors (Lipinski definition) is 2. The molecule has 1 aliphatic rings. The van der Waals surface area contributed by atoms with E-state index in [4.69, 9.17) is 5.73 Å². The van der Waals surface area contributed by atoms with Crippen LogP contribution in [-0.2, 0) is 11.3 Å². The van der Waals surface area contributed by atoms with Crippen molar-refractivity contribution < 1.29 is 4.79 Å². The van der Waals surface area contributed by atoms with Crippen LogP contribution in [0.1, 0.15) is 17.2 Å². The van der Waals surface area contributed by atoms with Crippen LogP contribution in [0.5, 0.6) is 0 Å². The van der Waals surface area contributed by atoms with Gasteiger partial charge < -0.3 is 16.0 Å². The minimum absolute atomic E-state index is 0.145. The van der Waals surface area contributed by atoms with E-state index in [-0.39, 0.29) is 5.91 Å². The number of pyridine rings is 1. The highest BCUT2D eigenvalue weighted by Gasteiger charge is 2.27. The van der Waals surface area contributed by atoms with Gasteiger partial charge in [-0.2, -0.15) is 0 Å². The van der Waals surface area contributed by atoms with Crippen LogP contribution in [0.15, 0.2) is 42.7 Å². The molecule has 3 rings (SSSR count). The van der Waals surface area contributed by atoms with Crippen LogP contribution in [0.4, 0.5) is 11.4 Å². The molecule has 1 aliphatic heterocycles. The number of anilines is 2. The third kappa shape index (κ3) is 2.23. The number of nitrogens with two attached hydrogens (primary N) is 1. The van der Waals surface area contributed by atoms with Gasteiger partial charge in [0.25, 0.3) is 0 Å². The van der Waals surface area contributed by atoms with Gasteiger partial charge in [-0.15, -0.1) is 0 Å². The molecule has 1 atom stereocenters. The first-order chi connectivity index (χ1) is 9.65. The molecule has 2 aromatic rings. The Balaban J connectivity index is 1.82. The number of nitrogens with zero attached hydrogens (tertiary/aromatic N) is 2. The zero-order valence-corrected chi connectivity index (χ0v) is 11.2. The summed E-state index contributed by atoms with van der Waals surface area (Å²) in [5.74, 6) is -0.145. The minimum atomic E-state index is -0.551. The van der Waals surface area contributed by atoms with E-state index in [9.17, 15) is 4.79 Å². The lowest BCUT2D eigenvalue weighted by Gasteiger charge is -2.20. The summed E-state index contributed by atoms with van der Waals surface area (Å²) < 4.78 is 0. The van der Waals surface area contributed by atoms with Crippen molar-refractivity contribution in [2.45, 2.75) is 12.6 Å². The molecule has 2 heterocycles. The summed E-state index contributed by atoms with van der Waals surface area (Å²) in [6.45, 7) is 0.779. The summed E-state index contributed by atoms with van der Waals surface area (Å²) in [5, 5.41) is 2.81. The highest BCUT2D eigenvalue weighted by molar-refractivity contribution is 6.02. The van der Waals surface area contributed by atoms with Crippen LogP contribution in [0.2, 0.25) is 0 Å². The number of carbonyl (C=O) groups excluding carboxylic acids is 1. The number of aromatic nitrogens is 1. The van der Waals surface area contributed by atoms with Crippen LogP contribution in [-0.4, -0.2) is 17.9 Å². The van der Waals surface area contributed by atoms with Crippen molar-refractivity contribution in [3.63, 3.8) is 0 Å². The normalized spacial score (nSPS) is 16.7. The summed E-state index contributed by atoms with van der Waals surface area (Å²) in [6, 6.07) is 9.28. The lowest BCUT2D eigenvalue weighted by molar-refractivity contribution is -0.116. The van der Waals surface area contributed by atoms with Gasteiger partial charge in [-0.1, -0.05) is 6.07 Å². The summed E-state index contributed by atoms with van der Waals surface area (Å²) in [6.07, 6.45) is 3.57. The van der Waals surface area contributed by atoms with E-state index < -0.39 is 6.04 Å². The number of amides is 1. The first-order valence-electron chi connectivity index (χ1n) is 6.45. The Morgan fingerprint density at radius 1 is 1.30 bits per heavy atom. The van der Waals surface area contributed by atoms with E-state index in [0.717, 1.165) is 23.5 Å². The van der Waals surface area contributed by atoms with E-state index >= 15 is 0 Å². The van der Waals surface area contributed by atoms with Gasteiger partial charge in [-0.25, -0.2) is 0 Å². The molecule has 1 aromatic carbocycles. The molecule has 5 nitrogen and oxygen atoms in total. The molecule has 0 bridgehead atoms. The minimum Gasteiger partial charge on any atom is -0.370 e. The molecular weight excluding hydrogens is 252 g/mol. The van der Waals surface area contributed by atoms with E-state index in [0.29, 0.717) is 0 Å². The Kier molecular flexibility index (Phi) is 3.12. The van der Waals surface area contributed by atoms with Gasteiger partial charge in [-0.3, -0.25) is 9.78 Å². The predicted octanol–water partition coefficient (Wildman–Crippen LogP) is 1.67. The number of carbonyl (C=O) groups is 1. The summed E-state index contributed by atoms with van der Waals surface area (Å²) in [4.78, 5) is 17.7. The molecule has 1 unspecified atom stereocenters. The highest BCUT2D eigenvalue weighted by atomic mass is 16.2. The molecular formula is C15H16N4O. The standard InChI is InChI=1S/C15H16N4O/c1-19(9-10-4-6-17-7-5-10)11-2-3-12-13(8-11)18-15(20)14(12)16/h2-8,14H,9,16H2,1H3,(H,18,20). The molecule has 102 valence electrons. The lowest BCUT2D eigenvalue weighted by atomic mass is 10.1. The Hall–Kier alpha value is -2.40. The monoisotopic (exact) mass is 268 g/mol. The van der Waals surface area contributed by atoms with Gasteiger partial charge >= 0.3 is 0 Å². The molecule has 0 radical (unpaired) electrons. The van der Waals surface area contributed by atoms with Gasteiger partial charge in [0.15, 0.2) is 0 Å². The number of fused-ring (bicyclic) bond motifs is 1. The summed E-state index contributed by atoms with van der Waals surface area (Å²) in [7, 11) is 2.01. The Bertz CT molecular complexity index is 642. The van der Waals surface area contributed by atoms with Crippen molar-refractivity contribution in [2.24, 2.45) is 5.73 Å². The average molecular weight is 268 g/mol. The van der Waals surface area contributed by atoms with Crippen LogP contribution >= 0.6 is 0 Å². The smallest absolute Gasteiger partial charge is 0.245 e. The quantitative estimate of drug-likeness (QED) is 0.888. The van der Waals surface area contributed by atoms with Crippen molar-refractivity contribution in [1.29, 1.82) is 0 Å². The van der Waals surface area contributed by atoms with E-state index in [1.165, 1.54) is 5.56 Å². The zero-order valence-electron chi connectivity index (χ0n) is 11.2. The number of hydrogen-bond acceptors (Lipinski definition) is 4. The molecule has 3 N–H and O–H groups in total. The van der Waals surface area contributed by atoms with Crippen molar-refractivity contribution >= 4 is 17.3 Å². The molecule has 1 amide bonds. The van der Waals surface area contributed by atoms with Crippen molar-refractivity contribution in [3.05, 3.63) is 53.9 Å². The van der Waals surface area contributed by atoms with Gasteiger partial charge in [0.05, 0.1) is 0 Å². The van der Waals surface area contributed by atoms with E-state index in [1.54, 1.807) is 12.4 Å². The molecule has 0 fully saturated rings. The topological polar surface area (TPSA) is 71.2 Å². The first kappa shape index (κ1) is 12.6. The number of rotatable bonds is 3. The predicted molar refractivity (Wildman–Crippen MR) is 78.3 cm³/mol. The second kappa shape index (κ2) is 4.94. The van der Waals surface area contributed by atoms with Gasteiger partial charge in [-0.05, 0) is 29.8 Å². The maximum Gasteiger partial charge on any atom is 0.245 e. The van der Waals surface area contributed by atoms with Gasteiger partial charge in [0.1, 0.15) is 6.04 Å². The van der Waals surface area contributed by atoms with Crippen molar-refractivity contribution in [1.82, 2.24) is 4.98 Å². The zero-order chi connectivity index (χ0) is 14.1. The number of benzene rings is 1. The van der Waals surface area contributed by atoms with Gasteiger partial charge in [0, 0.05) is 42.9 Å². The fraction of sp³-hybridized carbons (Fsp3) is 0.200. The van der Waals surface area contributed by atoms with Crippen LogP contribution in [0.3, 0.4) is 0 Å². The SMILES string of the molecule is CN(Cc1ccncc1)c1ccc2c(c1)NC(=O)C2N. The third-order valence-corrected chi connectivity index (χ3v) is 3.52. The average Bonchev–Trinajstić information content (AvgIpc) is 2.74. The van der Waals surface area contributed by atoms with Crippen LogP contribution in [0.25, 0.3) is 0 Å². The molecule has 1 aromatic heterocycles. The van der Waals surface area contributed by atoms with Crippen LogP contribution < -0.4 is 16.0 Å². The van der Waals surface area contributed by atoms with Crippen molar-refractivity contribution in [3.8, 4) is 0 Å². The first-order valence-corrected chi connectivity index (χ1v) is 6.45. The Morgan fingerprint density at radius 2 is 2.05 bits per heavy atom. The Labute approximate surface area is 117 Å². The van der Waals surface area contributed by atoms with E-state index in [2.05, 4.69) is 15.2 Å². The molecule has 5 heteroatoms. The third-order valence-electron chi connectivity index (χ3n) is 3.52. The number of nitrogens with one attached hydrogen (secondary N) is 1. The van der Waals surface area contributed by atoms with Crippen molar-refractivity contribution in [2.75, 3.05) is 17.3 Å².